The fourth-order valence-corrected chi connectivity index (χ4v) is 2.10. The molecule has 0 atom stereocenters. The fraction of sp³-hybridized carbons (Fsp3) is 0.235. The average molecular weight is 286 g/mol. The van der Waals surface area contributed by atoms with Crippen molar-refractivity contribution in [3.05, 3.63) is 71.0 Å². The fourth-order valence-electron chi connectivity index (χ4n) is 2.10. The molecular formula is C17H19FN2O. The van der Waals surface area contributed by atoms with E-state index in [1.807, 2.05) is 12.1 Å². The molecule has 2 rings (SSSR count). The second-order valence-corrected chi connectivity index (χ2v) is 4.83. The number of carbonyl (C=O) groups is 1. The van der Waals surface area contributed by atoms with Crippen LogP contribution in [0.3, 0.4) is 0 Å². The first-order valence-electron chi connectivity index (χ1n) is 7.01. The Bertz CT molecular complexity index is 596. The molecule has 21 heavy (non-hydrogen) atoms. The number of hydrogen-bond acceptors (Lipinski definition) is 2. The average Bonchev–Trinajstić information content (AvgIpc) is 2.50. The molecule has 0 aromatic heterocycles. The quantitative estimate of drug-likeness (QED) is 0.856. The third kappa shape index (κ3) is 4.39. The summed E-state index contributed by atoms with van der Waals surface area (Å²) in [5.74, 6) is -0.386. The van der Waals surface area contributed by atoms with Crippen molar-refractivity contribution in [2.45, 2.75) is 12.8 Å². The van der Waals surface area contributed by atoms with Crippen molar-refractivity contribution in [2.75, 3.05) is 13.1 Å². The van der Waals surface area contributed by atoms with Crippen molar-refractivity contribution < 1.29 is 9.18 Å². The zero-order valence-electron chi connectivity index (χ0n) is 11.8. The summed E-state index contributed by atoms with van der Waals surface area (Å²) in [6.45, 7) is 0.999. The minimum Gasteiger partial charge on any atom is -0.352 e. The monoisotopic (exact) mass is 286 g/mol. The summed E-state index contributed by atoms with van der Waals surface area (Å²) in [4.78, 5) is 12.0. The summed E-state index contributed by atoms with van der Waals surface area (Å²) in [7, 11) is 0. The van der Waals surface area contributed by atoms with E-state index in [4.69, 9.17) is 5.73 Å². The van der Waals surface area contributed by atoms with E-state index in [-0.39, 0.29) is 11.7 Å². The van der Waals surface area contributed by atoms with Crippen LogP contribution >= 0.6 is 0 Å². The van der Waals surface area contributed by atoms with Gasteiger partial charge >= 0.3 is 0 Å². The van der Waals surface area contributed by atoms with E-state index in [2.05, 4.69) is 5.32 Å². The smallest absolute Gasteiger partial charge is 0.251 e. The van der Waals surface area contributed by atoms with Crippen LogP contribution in [0.4, 0.5) is 4.39 Å². The first-order chi connectivity index (χ1) is 10.2. The second-order valence-electron chi connectivity index (χ2n) is 4.83. The van der Waals surface area contributed by atoms with Crippen LogP contribution in [-0.2, 0) is 12.8 Å². The molecule has 0 saturated heterocycles. The highest BCUT2D eigenvalue weighted by molar-refractivity contribution is 5.94. The lowest BCUT2D eigenvalue weighted by Crippen LogP contribution is -2.25. The van der Waals surface area contributed by atoms with Crippen molar-refractivity contribution >= 4 is 5.91 Å². The minimum atomic E-state index is -0.238. The number of nitrogens with one attached hydrogen (secondary N) is 1. The molecule has 2 aromatic rings. The van der Waals surface area contributed by atoms with Crippen molar-refractivity contribution in [1.82, 2.24) is 5.32 Å². The number of nitrogens with two attached hydrogens (primary N) is 1. The van der Waals surface area contributed by atoms with Crippen LogP contribution in [0, 0.1) is 5.82 Å². The van der Waals surface area contributed by atoms with Gasteiger partial charge in [-0.2, -0.15) is 0 Å². The Morgan fingerprint density at radius 2 is 1.76 bits per heavy atom. The van der Waals surface area contributed by atoms with E-state index in [0.717, 1.165) is 12.0 Å². The van der Waals surface area contributed by atoms with Gasteiger partial charge in [0.15, 0.2) is 0 Å². The Labute approximate surface area is 124 Å². The predicted octanol–water partition coefficient (Wildman–Crippen LogP) is 2.30. The van der Waals surface area contributed by atoms with Gasteiger partial charge < -0.3 is 11.1 Å². The standard InChI is InChI=1S/C17H19FN2O/c18-16-4-2-1-3-14(16)10-12-20-17(21)15-7-5-13(6-8-15)9-11-19/h1-8H,9-12,19H2,(H,20,21). The molecule has 4 heteroatoms. The lowest BCUT2D eigenvalue weighted by atomic mass is 10.1. The summed E-state index contributed by atoms with van der Waals surface area (Å²) >= 11 is 0. The molecule has 0 unspecified atom stereocenters. The summed E-state index contributed by atoms with van der Waals surface area (Å²) in [6.07, 6.45) is 1.28. The molecule has 1 amide bonds. The maximum atomic E-state index is 13.4. The van der Waals surface area contributed by atoms with Gasteiger partial charge in [0, 0.05) is 12.1 Å². The van der Waals surface area contributed by atoms with E-state index >= 15 is 0 Å². The van der Waals surface area contributed by atoms with Crippen LogP contribution in [0.15, 0.2) is 48.5 Å². The molecule has 3 nitrogen and oxygen atoms in total. The molecule has 0 spiro atoms. The van der Waals surface area contributed by atoms with Gasteiger partial charge in [0.1, 0.15) is 5.82 Å². The molecule has 110 valence electrons. The van der Waals surface area contributed by atoms with E-state index < -0.39 is 0 Å². The molecule has 0 aliphatic heterocycles. The maximum absolute atomic E-state index is 13.4. The van der Waals surface area contributed by atoms with E-state index in [1.54, 1.807) is 30.3 Å². The largest absolute Gasteiger partial charge is 0.352 e. The SMILES string of the molecule is NCCc1ccc(C(=O)NCCc2ccccc2F)cc1. The van der Waals surface area contributed by atoms with Crippen LogP contribution in [-0.4, -0.2) is 19.0 Å². The first kappa shape index (κ1) is 15.2. The van der Waals surface area contributed by atoms with E-state index in [9.17, 15) is 9.18 Å². The van der Waals surface area contributed by atoms with Crippen molar-refractivity contribution in [1.29, 1.82) is 0 Å². The normalized spacial score (nSPS) is 10.4. The molecule has 0 aliphatic carbocycles. The Hall–Kier alpha value is -2.20. The van der Waals surface area contributed by atoms with Gasteiger partial charge in [0.05, 0.1) is 0 Å². The topological polar surface area (TPSA) is 55.1 Å². The molecular weight excluding hydrogens is 267 g/mol. The number of halogens is 1. The second kappa shape index (κ2) is 7.55. The van der Waals surface area contributed by atoms with Gasteiger partial charge in [-0.1, -0.05) is 30.3 Å². The highest BCUT2D eigenvalue weighted by Gasteiger charge is 2.06. The Balaban J connectivity index is 1.85. The molecule has 0 bridgehead atoms. The van der Waals surface area contributed by atoms with Crippen molar-refractivity contribution in [3.8, 4) is 0 Å². The molecule has 0 radical (unpaired) electrons. The summed E-state index contributed by atoms with van der Waals surface area (Å²) in [5.41, 5.74) is 7.80. The number of amides is 1. The third-order valence-corrected chi connectivity index (χ3v) is 3.29. The van der Waals surface area contributed by atoms with E-state index in [0.29, 0.717) is 30.6 Å². The highest BCUT2D eigenvalue weighted by Crippen LogP contribution is 2.07. The van der Waals surface area contributed by atoms with Crippen LogP contribution in [0.25, 0.3) is 0 Å². The predicted molar refractivity (Wildman–Crippen MR) is 81.6 cm³/mol. The highest BCUT2D eigenvalue weighted by atomic mass is 19.1. The summed E-state index contributed by atoms with van der Waals surface area (Å²) in [5, 5.41) is 2.80. The minimum absolute atomic E-state index is 0.148. The van der Waals surface area contributed by atoms with Gasteiger partial charge in [-0.15, -0.1) is 0 Å². The molecule has 0 aliphatic rings. The zero-order valence-corrected chi connectivity index (χ0v) is 11.8. The molecule has 2 aromatic carbocycles. The Kier molecular flexibility index (Phi) is 5.46. The molecule has 0 saturated carbocycles. The zero-order chi connectivity index (χ0) is 15.1. The number of carbonyl (C=O) groups excluding carboxylic acids is 1. The van der Waals surface area contributed by atoms with Gasteiger partial charge in [0.25, 0.3) is 5.91 Å². The first-order valence-corrected chi connectivity index (χ1v) is 7.01. The lowest BCUT2D eigenvalue weighted by molar-refractivity contribution is 0.0954. The van der Waals surface area contributed by atoms with Crippen LogP contribution < -0.4 is 11.1 Å². The number of rotatable bonds is 6. The number of hydrogen-bond donors (Lipinski definition) is 2. The van der Waals surface area contributed by atoms with Gasteiger partial charge in [-0.3, -0.25) is 4.79 Å². The Morgan fingerprint density at radius 3 is 2.43 bits per heavy atom. The third-order valence-electron chi connectivity index (χ3n) is 3.29. The van der Waals surface area contributed by atoms with Crippen molar-refractivity contribution in [3.63, 3.8) is 0 Å². The Morgan fingerprint density at radius 1 is 1.05 bits per heavy atom. The van der Waals surface area contributed by atoms with Gasteiger partial charge in [-0.05, 0) is 48.7 Å². The number of benzene rings is 2. The van der Waals surface area contributed by atoms with E-state index in [1.165, 1.54) is 6.07 Å². The van der Waals surface area contributed by atoms with Crippen LogP contribution in [0.2, 0.25) is 0 Å². The van der Waals surface area contributed by atoms with Crippen LogP contribution in [0.1, 0.15) is 21.5 Å². The van der Waals surface area contributed by atoms with Crippen LogP contribution in [0.5, 0.6) is 0 Å². The lowest BCUT2D eigenvalue weighted by Gasteiger charge is -2.07. The van der Waals surface area contributed by atoms with Gasteiger partial charge in [-0.25, -0.2) is 4.39 Å². The van der Waals surface area contributed by atoms with Crippen molar-refractivity contribution in [2.24, 2.45) is 5.73 Å². The molecule has 0 heterocycles. The summed E-state index contributed by atoms with van der Waals surface area (Å²) in [6, 6.07) is 14.0. The maximum Gasteiger partial charge on any atom is 0.251 e. The molecule has 3 N–H and O–H groups in total. The molecule has 0 fully saturated rings. The summed E-state index contributed by atoms with van der Waals surface area (Å²) < 4.78 is 13.4. The van der Waals surface area contributed by atoms with Gasteiger partial charge in [0.2, 0.25) is 0 Å².